The van der Waals surface area contributed by atoms with Crippen molar-refractivity contribution in [2.45, 2.75) is 0 Å². The van der Waals surface area contributed by atoms with Crippen LogP contribution < -0.4 is 4.74 Å². The zero-order valence-corrected chi connectivity index (χ0v) is 12.2. The van der Waals surface area contributed by atoms with Crippen LogP contribution in [0.25, 0.3) is 0 Å². The van der Waals surface area contributed by atoms with E-state index >= 15 is 0 Å². The van der Waals surface area contributed by atoms with E-state index in [0.29, 0.717) is 56.0 Å². The van der Waals surface area contributed by atoms with Crippen LogP contribution in [0.3, 0.4) is 0 Å². The molecule has 0 N–H and O–H groups in total. The van der Waals surface area contributed by atoms with Crippen LogP contribution in [0.2, 0.25) is 5.02 Å². The Morgan fingerprint density at radius 2 is 1.70 bits per heavy atom. The van der Waals surface area contributed by atoms with Gasteiger partial charge >= 0.3 is 0 Å². The van der Waals surface area contributed by atoms with Crippen LogP contribution in [0, 0.1) is 11.3 Å². The van der Waals surface area contributed by atoms with E-state index in [1.165, 1.54) is 0 Å². The van der Waals surface area contributed by atoms with Crippen LogP contribution in [0.1, 0.15) is 5.56 Å². The van der Waals surface area contributed by atoms with Crippen molar-refractivity contribution in [3.63, 3.8) is 0 Å². The number of nitrogens with zero attached hydrogens (tertiary/aromatic N) is 1. The van der Waals surface area contributed by atoms with Gasteiger partial charge < -0.3 is 18.9 Å². The summed E-state index contributed by atoms with van der Waals surface area (Å²) in [4.78, 5) is 0. The summed E-state index contributed by atoms with van der Waals surface area (Å²) in [5, 5.41) is 9.36. The maximum Gasteiger partial charge on any atom is 0.138 e. The van der Waals surface area contributed by atoms with E-state index in [1.807, 2.05) is 6.07 Å². The Balaban J connectivity index is 2.13. The molecule has 5 nitrogen and oxygen atoms in total. The quantitative estimate of drug-likeness (QED) is 0.620. The summed E-state index contributed by atoms with van der Waals surface area (Å²) >= 11 is 5.89. The van der Waals surface area contributed by atoms with Gasteiger partial charge in [-0.25, -0.2) is 0 Å². The second-order valence-corrected chi connectivity index (χ2v) is 4.20. The van der Waals surface area contributed by atoms with Gasteiger partial charge in [0, 0.05) is 7.11 Å². The molecule has 1 aromatic rings. The van der Waals surface area contributed by atoms with Crippen LogP contribution in [-0.4, -0.2) is 46.8 Å². The molecule has 6 heteroatoms. The molecule has 0 aliphatic carbocycles. The van der Waals surface area contributed by atoms with Crippen molar-refractivity contribution in [2.24, 2.45) is 0 Å². The summed E-state index contributed by atoms with van der Waals surface area (Å²) in [5.74, 6) is 0.472. The smallest absolute Gasteiger partial charge is 0.138 e. The molecule has 0 amide bonds. The maximum absolute atomic E-state index is 8.97. The first kappa shape index (κ1) is 16.7. The molecule has 110 valence electrons. The molecular formula is C14H18ClNO4. The molecule has 0 unspecified atom stereocenters. The Morgan fingerprint density at radius 3 is 2.35 bits per heavy atom. The predicted molar refractivity (Wildman–Crippen MR) is 75.2 cm³/mol. The third-order valence-corrected chi connectivity index (χ3v) is 2.69. The van der Waals surface area contributed by atoms with Gasteiger partial charge in [0.1, 0.15) is 24.0 Å². The second kappa shape index (κ2) is 10.5. The minimum atomic E-state index is 0.345. The fraction of sp³-hybridized carbons (Fsp3) is 0.500. The number of hydrogen-bond donors (Lipinski definition) is 0. The molecule has 0 saturated carbocycles. The van der Waals surface area contributed by atoms with Gasteiger partial charge in [-0.2, -0.15) is 5.26 Å². The fourth-order valence-corrected chi connectivity index (χ4v) is 1.62. The van der Waals surface area contributed by atoms with Crippen molar-refractivity contribution in [2.75, 3.05) is 46.8 Å². The van der Waals surface area contributed by atoms with Gasteiger partial charge in [-0.05, 0) is 12.1 Å². The molecule has 20 heavy (non-hydrogen) atoms. The van der Waals surface area contributed by atoms with Crippen molar-refractivity contribution in [1.82, 2.24) is 0 Å². The van der Waals surface area contributed by atoms with Crippen molar-refractivity contribution in [1.29, 1.82) is 5.26 Å². The predicted octanol–water partition coefficient (Wildman–Crippen LogP) is 2.27. The summed E-state index contributed by atoms with van der Waals surface area (Å²) in [7, 11) is 1.63. The number of methoxy groups -OCH3 is 1. The maximum atomic E-state index is 8.97. The van der Waals surface area contributed by atoms with E-state index in [4.69, 9.17) is 35.8 Å². The van der Waals surface area contributed by atoms with Crippen LogP contribution in [0.15, 0.2) is 18.2 Å². The van der Waals surface area contributed by atoms with Gasteiger partial charge in [0.2, 0.25) is 0 Å². The van der Waals surface area contributed by atoms with E-state index in [-0.39, 0.29) is 0 Å². The molecule has 0 heterocycles. The Morgan fingerprint density at radius 1 is 1.05 bits per heavy atom. The summed E-state index contributed by atoms with van der Waals surface area (Å²) in [6.07, 6.45) is 0. The van der Waals surface area contributed by atoms with Gasteiger partial charge in [-0.1, -0.05) is 17.7 Å². The third kappa shape index (κ3) is 6.22. The van der Waals surface area contributed by atoms with Gasteiger partial charge in [0.15, 0.2) is 0 Å². The Kier molecular flexibility index (Phi) is 8.76. The minimum Gasteiger partial charge on any atom is -0.490 e. The lowest BCUT2D eigenvalue weighted by Gasteiger charge is -2.09. The number of ether oxygens (including phenoxy) is 4. The Bertz CT molecular complexity index is 434. The van der Waals surface area contributed by atoms with Crippen molar-refractivity contribution >= 4 is 11.6 Å². The van der Waals surface area contributed by atoms with E-state index in [0.717, 1.165) is 0 Å². The molecule has 0 fully saturated rings. The average Bonchev–Trinajstić information content (AvgIpc) is 2.45. The molecule has 0 aliphatic rings. The Labute approximate surface area is 124 Å². The highest BCUT2D eigenvalue weighted by molar-refractivity contribution is 6.31. The Hall–Kier alpha value is -1.32. The first-order chi connectivity index (χ1) is 9.79. The lowest BCUT2D eigenvalue weighted by molar-refractivity contribution is 0.0179. The molecule has 0 saturated heterocycles. The number of rotatable bonds is 10. The SMILES string of the molecule is COCCOCCOCCOc1cccc(Cl)c1C#N. The largest absolute Gasteiger partial charge is 0.490 e. The lowest BCUT2D eigenvalue weighted by Crippen LogP contribution is -2.12. The molecule has 0 atom stereocenters. The standard InChI is InChI=1S/C14H18ClNO4/c1-17-5-6-18-7-8-19-9-10-20-14-4-2-3-13(15)12(14)11-16/h2-4H,5-10H2,1H3. The average molecular weight is 300 g/mol. The number of nitriles is 1. The lowest BCUT2D eigenvalue weighted by atomic mass is 10.2. The zero-order valence-electron chi connectivity index (χ0n) is 11.4. The summed E-state index contributed by atoms with van der Waals surface area (Å²) in [6, 6.07) is 7.11. The van der Waals surface area contributed by atoms with Crippen LogP contribution >= 0.6 is 11.6 Å². The van der Waals surface area contributed by atoms with Gasteiger partial charge in [-0.3, -0.25) is 0 Å². The minimum absolute atomic E-state index is 0.345. The molecule has 0 radical (unpaired) electrons. The highest BCUT2D eigenvalue weighted by Gasteiger charge is 2.06. The molecule has 0 spiro atoms. The molecule has 0 bridgehead atoms. The highest BCUT2D eigenvalue weighted by atomic mass is 35.5. The molecular weight excluding hydrogens is 282 g/mol. The number of benzene rings is 1. The number of halogens is 1. The summed E-state index contributed by atoms with van der Waals surface area (Å²) in [6.45, 7) is 2.93. The second-order valence-electron chi connectivity index (χ2n) is 3.79. The first-order valence-electron chi connectivity index (χ1n) is 6.25. The molecule has 1 rings (SSSR count). The fourth-order valence-electron chi connectivity index (χ4n) is 1.41. The van der Waals surface area contributed by atoms with Gasteiger partial charge in [-0.15, -0.1) is 0 Å². The zero-order chi connectivity index (χ0) is 14.6. The summed E-state index contributed by atoms with van der Waals surface area (Å²) < 4.78 is 20.9. The highest BCUT2D eigenvalue weighted by Crippen LogP contribution is 2.25. The molecule has 0 aromatic heterocycles. The monoisotopic (exact) mass is 299 g/mol. The van der Waals surface area contributed by atoms with Crippen molar-refractivity contribution < 1.29 is 18.9 Å². The van der Waals surface area contributed by atoms with Crippen LogP contribution in [-0.2, 0) is 14.2 Å². The topological polar surface area (TPSA) is 60.7 Å². The summed E-state index contributed by atoms with van der Waals surface area (Å²) in [5.41, 5.74) is 0.345. The van der Waals surface area contributed by atoms with E-state index < -0.39 is 0 Å². The van der Waals surface area contributed by atoms with Crippen LogP contribution in [0.4, 0.5) is 0 Å². The molecule has 1 aromatic carbocycles. The van der Waals surface area contributed by atoms with E-state index in [2.05, 4.69) is 0 Å². The van der Waals surface area contributed by atoms with Crippen molar-refractivity contribution in [3.05, 3.63) is 28.8 Å². The third-order valence-electron chi connectivity index (χ3n) is 2.38. The van der Waals surface area contributed by atoms with Crippen LogP contribution in [0.5, 0.6) is 5.75 Å². The van der Waals surface area contributed by atoms with Gasteiger partial charge in [0.05, 0.1) is 38.1 Å². The van der Waals surface area contributed by atoms with Crippen molar-refractivity contribution in [3.8, 4) is 11.8 Å². The van der Waals surface area contributed by atoms with E-state index in [9.17, 15) is 0 Å². The first-order valence-corrected chi connectivity index (χ1v) is 6.63. The molecule has 0 aliphatic heterocycles. The van der Waals surface area contributed by atoms with Gasteiger partial charge in [0.25, 0.3) is 0 Å². The van der Waals surface area contributed by atoms with E-state index in [1.54, 1.807) is 25.3 Å². The number of hydrogen-bond acceptors (Lipinski definition) is 5. The normalized spacial score (nSPS) is 10.2.